The third kappa shape index (κ3) is 4.35. The highest BCUT2D eigenvalue weighted by molar-refractivity contribution is 6.30. The molecule has 1 aliphatic rings. The molecule has 0 saturated heterocycles. The number of nitrogens with one attached hydrogen (secondary N) is 2. The number of rotatable bonds is 6. The molecule has 1 aliphatic heterocycles. The van der Waals surface area contributed by atoms with Crippen LogP contribution in [0.1, 0.15) is 15.9 Å². The summed E-state index contributed by atoms with van der Waals surface area (Å²) in [6.45, 7) is 0.774. The zero-order valence-electron chi connectivity index (χ0n) is 14.9. The molecule has 0 fully saturated rings. The van der Waals surface area contributed by atoms with Gasteiger partial charge in [0.1, 0.15) is 5.82 Å². The Balaban J connectivity index is 1.31. The number of hydrogen-bond acceptors (Lipinski definition) is 5. The topological polar surface area (TPSA) is 72.5 Å². The van der Waals surface area contributed by atoms with Gasteiger partial charge < -0.3 is 20.1 Å². The molecule has 1 aromatic heterocycles. The number of ether oxygens (including phenoxy) is 2. The van der Waals surface area contributed by atoms with E-state index in [2.05, 4.69) is 15.6 Å². The van der Waals surface area contributed by atoms with E-state index in [0.29, 0.717) is 28.7 Å². The lowest BCUT2D eigenvalue weighted by Crippen LogP contribution is -2.25. The fourth-order valence-corrected chi connectivity index (χ4v) is 2.92. The minimum Gasteiger partial charge on any atom is -0.454 e. The summed E-state index contributed by atoms with van der Waals surface area (Å²) in [5.74, 6) is 1.90. The summed E-state index contributed by atoms with van der Waals surface area (Å²) in [5.41, 5.74) is 2.45. The molecule has 0 radical (unpaired) electrons. The number of nitrogens with zero attached hydrogens (tertiary/aromatic N) is 1. The molecule has 2 aromatic carbocycles. The summed E-state index contributed by atoms with van der Waals surface area (Å²) < 4.78 is 10.7. The van der Waals surface area contributed by atoms with Crippen molar-refractivity contribution < 1.29 is 14.3 Å². The highest BCUT2D eigenvalue weighted by Gasteiger charge is 2.13. The van der Waals surface area contributed by atoms with Crippen molar-refractivity contribution in [2.24, 2.45) is 0 Å². The number of amides is 1. The molecule has 0 bridgehead atoms. The summed E-state index contributed by atoms with van der Waals surface area (Å²) in [5, 5.41) is 6.78. The number of halogens is 1. The van der Waals surface area contributed by atoms with Crippen molar-refractivity contribution in [2.75, 3.05) is 18.7 Å². The third-order valence-electron chi connectivity index (χ3n) is 4.28. The van der Waals surface area contributed by atoms with Crippen LogP contribution >= 0.6 is 11.6 Å². The highest BCUT2D eigenvalue weighted by atomic mass is 35.5. The second-order valence-electron chi connectivity index (χ2n) is 6.26. The molecule has 142 valence electrons. The Morgan fingerprint density at radius 1 is 1.04 bits per heavy atom. The lowest BCUT2D eigenvalue weighted by atomic mass is 10.1. The molecule has 0 unspecified atom stereocenters. The van der Waals surface area contributed by atoms with Gasteiger partial charge in [0.2, 0.25) is 6.79 Å². The van der Waals surface area contributed by atoms with Crippen LogP contribution in [0.4, 0.5) is 11.5 Å². The van der Waals surface area contributed by atoms with Crippen LogP contribution < -0.4 is 20.1 Å². The number of carbonyl (C=O) groups is 1. The number of fused-ring (bicyclic) bond motifs is 1. The van der Waals surface area contributed by atoms with E-state index in [9.17, 15) is 4.79 Å². The third-order valence-corrected chi connectivity index (χ3v) is 4.54. The zero-order chi connectivity index (χ0) is 19.3. The highest BCUT2D eigenvalue weighted by Crippen LogP contribution is 2.34. The van der Waals surface area contributed by atoms with Gasteiger partial charge in [-0.3, -0.25) is 4.79 Å². The maximum Gasteiger partial charge on any atom is 0.252 e. The lowest BCUT2D eigenvalue weighted by Gasteiger charge is -2.08. The second-order valence-corrected chi connectivity index (χ2v) is 6.69. The normalized spacial score (nSPS) is 11.9. The molecule has 0 saturated carbocycles. The fourth-order valence-electron chi connectivity index (χ4n) is 2.80. The molecule has 0 spiro atoms. The molecule has 6 nitrogen and oxygen atoms in total. The first-order valence-corrected chi connectivity index (χ1v) is 9.20. The van der Waals surface area contributed by atoms with Gasteiger partial charge in [0.05, 0.1) is 5.56 Å². The van der Waals surface area contributed by atoms with Crippen molar-refractivity contribution in [3.8, 4) is 11.5 Å². The largest absolute Gasteiger partial charge is 0.454 e. The Morgan fingerprint density at radius 2 is 1.86 bits per heavy atom. The summed E-state index contributed by atoms with van der Waals surface area (Å²) in [4.78, 5) is 16.6. The fraction of sp³-hybridized carbons (Fsp3) is 0.143. The van der Waals surface area contributed by atoms with Gasteiger partial charge in [0.15, 0.2) is 11.5 Å². The van der Waals surface area contributed by atoms with Gasteiger partial charge in [-0.05, 0) is 48.4 Å². The average Bonchev–Trinajstić information content (AvgIpc) is 3.18. The quantitative estimate of drug-likeness (QED) is 0.655. The van der Waals surface area contributed by atoms with Crippen molar-refractivity contribution in [3.05, 3.63) is 76.9 Å². The summed E-state index contributed by atoms with van der Waals surface area (Å²) in [7, 11) is 0. The van der Waals surface area contributed by atoms with E-state index in [0.717, 1.165) is 23.4 Å². The number of aromatic nitrogens is 1. The van der Waals surface area contributed by atoms with Gasteiger partial charge >= 0.3 is 0 Å². The van der Waals surface area contributed by atoms with Crippen molar-refractivity contribution in [3.63, 3.8) is 0 Å². The SMILES string of the molecule is O=C(NCCc1ccc(Cl)cc1)c1ccc(Nc2ccc3c(c2)OCO3)nc1. The van der Waals surface area contributed by atoms with Gasteiger partial charge in [-0.15, -0.1) is 0 Å². The monoisotopic (exact) mass is 395 g/mol. The van der Waals surface area contributed by atoms with Gasteiger partial charge in [-0.2, -0.15) is 0 Å². The zero-order valence-corrected chi connectivity index (χ0v) is 15.7. The molecule has 28 heavy (non-hydrogen) atoms. The van der Waals surface area contributed by atoms with E-state index in [1.165, 1.54) is 0 Å². The molecule has 0 aliphatic carbocycles. The predicted octanol–water partition coefficient (Wildman–Crippen LogP) is 4.18. The van der Waals surface area contributed by atoms with Gasteiger partial charge in [0, 0.05) is 29.5 Å². The molecular weight excluding hydrogens is 378 g/mol. The summed E-state index contributed by atoms with van der Waals surface area (Å²) in [6, 6.07) is 16.7. The lowest BCUT2D eigenvalue weighted by molar-refractivity contribution is 0.0954. The smallest absolute Gasteiger partial charge is 0.252 e. The number of pyridine rings is 1. The van der Waals surface area contributed by atoms with Crippen LogP contribution in [0, 0.1) is 0 Å². The molecule has 3 aromatic rings. The van der Waals surface area contributed by atoms with Gasteiger partial charge in [0.25, 0.3) is 5.91 Å². The van der Waals surface area contributed by atoms with E-state index < -0.39 is 0 Å². The van der Waals surface area contributed by atoms with Crippen molar-refractivity contribution >= 4 is 29.0 Å². The number of hydrogen-bond donors (Lipinski definition) is 2. The minimum atomic E-state index is -0.156. The molecule has 4 rings (SSSR count). The summed E-state index contributed by atoms with van der Waals surface area (Å²) in [6.07, 6.45) is 2.28. The molecule has 0 atom stereocenters. The Kier molecular flexibility index (Phi) is 5.30. The van der Waals surface area contributed by atoms with Crippen LogP contribution in [0.5, 0.6) is 11.5 Å². The van der Waals surface area contributed by atoms with E-state index in [1.54, 1.807) is 18.3 Å². The Morgan fingerprint density at radius 3 is 2.64 bits per heavy atom. The molecular formula is C21H18ClN3O3. The Hall–Kier alpha value is -3.25. The van der Waals surface area contributed by atoms with Crippen LogP contribution in [-0.2, 0) is 6.42 Å². The predicted molar refractivity (Wildman–Crippen MR) is 108 cm³/mol. The average molecular weight is 396 g/mol. The van der Waals surface area contributed by atoms with Crippen molar-refractivity contribution in [2.45, 2.75) is 6.42 Å². The molecule has 2 heterocycles. The van der Waals surface area contributed by atoms with E-state index in [1.807, 2.05) is 42.5 Å². The summed E-state index contributed by atoms with van der Waals surface area (Å²) >= 11 is 5.87. The van der Waals surface area contributed by atoms with Crippen LogP contribution in [-0.4, -0.2) is 24.2 Å². The first kappa shape index (κ1) is 18.1. The molecule has 2 N–H and O–H groups in total. The van der Waals surface area contributed by atoms with Crippen LogP contribution in [0.15, 0.2) is 60.8 Å². The van der Waals surface area contributed by atoms with E-state index >= 15 is 0 Å². The number of carbonyl (C=O) groups excluding carboxylic acids is 1. The number of benzene rings is 2. The van der Waals surface area contributed by atoms with E-state index in [4.69, 9.17) is 21.1 Å². The Labute approximate surface area is 167 Å². The van der Waals surface area contributed by atoms with Crippen LogP contribution in [0.2, 0.25) is 5.02 Å². The van der Waals surface area contributed by atoms with Crippen molar-refractivity contribution in [1.29, 1.82) is 0 Å². The second kappa shape index (κ2) is 8.19. The van der Waals surface area contributed by atoms with E-state index in [-0.39, 0.29) is 12.7 Å². The number of anilines is 2. The van der Waals surface area contributed by atoms with Crippen LogP contribution in [0.3, 0.4) is 0 Å². The first-order valence-electron chi connectivity index (χ1n) is 8.83. The van der Waals surface area contributed by atoms with Gasteiger partial charge in [-0.1, -0.05) is 23.7 Å². The molecule has 7 heteroatoms. The maximum absolute atomic E-state index is 12.3. The molecule has 1 amide bonds. The maximum atomic E-state index is 12.3. The minimum absolute atomic E-state index is 0.156. The van der Waals surface area contributed by atoms with Gasteiger partial charge in [-0.25, -0.2) is 4.98 Å². The first-order chi connectivity index (χ1) is 13.7. The Bertz CT molecular complexity index is 975. The van der Waals surface area contributed by atoms with Crippen molar-refractivity contribution in [1.82, 2.24) is 10.3 Å². The standard InChI is InChI=1S/C21H18ClN3O3/c22-16-4-1-14(2-5-16)9-10-23-21(26)15-3-8-20(24-12-15)25-17-6-7-18-19(11-17)28-13-27-18/h1-8,11-12H,9-10,13H2,(H,23,26)(H,24,25). The van der Waals surface area contributed by atoms with Crippen LogP contribution in [0.25, 0.3) is 0 Å².